The Morgan fingerprint density at radius 1 is 1.21 bits per heavy atom. The van der Waals surface area contributed by atoms with Crippen molar-refractivity contribution in [1.82, 2.24) is 10.3 Å². The van der Waals surface area contributed by atoms with Gasteiger partial charge in [0, 0.05) is 28.4 Å². The zero-order chi connectivity index (χ0) is 13.7. The quantitative estimate of drug-likeness (QED) is 0.803. The van der Waals surface area contributed by atoms with Gasteiger partial charge in [-0.05, 0) is 32.0 Å². The number of aryl methyl sites for hydroxylation is 1. The van der Waals surface area contributed by atoms with Crippen molar-refractivity contribution in [2.45, 2.75) is 26.7 Å². The van der Waals surface area contributed by atoms with E-state index in [2.05, 4.69) is 19.2 Å². The molecule has 0 aliphatic rings. The van der Waals surface area contributed by atoms with E-state index in [0.717, 1.165) is 35.8 Å². The Morgan fingerprint density at radius 2 is 1.95 bits per heavy atom. The van der Waals surface area contributed by atoms with Gasteiger partial charge >= 0.3 is 0 Å². The molecule has 2 rings (SSSR count). The lowest BCUT2D eigenvalue weighted by atomic mass is 10.1. The summed E-state index contributed by atoms with van der Waals surface area (Å²) in [6.07, 6.45) is 2.17. The van der Waals surface area contributed by atoms with Gasteiger partial charge in [-0.1, -0.05) is 30.7 Å². The number of aromatic nitrogens is 1. The van der Waals surface area contributed by atoms with Crippen molar-refractivity contribution in [1.29, 1.82) is 0 Å². The summed E-state index contributed by atoms with van der Waals surface area (Å²) in [4.78, 5) is 6.01. The number of halogens is 1. The molecule has 0 unspecified atom stereocenters. The maximum Gasteiger partial charge on any atom is 0.0948 e. The lowest BCUT2D eigenvalue weighted by Gasteiger charge is -2.00. The standard InChI is InChI=1S/C15H19ClN2S/c1-3-9-17-10-8-14-18-15(11(2)19-14)12-4-6-13(16)7-5-12/h4-7,17H,3,8-10H2,1-2H3. The summed E-state index contributed by atoms with van der Waals surface area (Å²) in [7, 11) is 0. The van der Waals surface area contributed by atoms with Crippen LogP contribution in [0.2, 0.25) is 5.02 Å². The molecular formula is C15H19ClN2S. The topological polar surface area (TPSA) is 24.9 Å². The van der Waals surface area contributed by atoms with Crippen LogP contribution in [0, 0.1) is 6.92 Å². The Balaban J connectivity index is 2.06. The molecule has 1 heterocycles. The first kappa shape index (κ1) is 14.5. The molecule has 0 bridgehead atoms. The molecule has 0 aliphatic heterocycles. The second-order valence-electron chi connectivity index (χ2n) is 4.52. The monoisotopic (exact) mass is 294 g/mol. The minimum atomic E-state index is 0.764. The second-order valence-corrected chi connectivity index (χ2v) is 6.24. The summed E-state index contributed by atoms with van der Waals surface area (Å²) >= 11 is 7.70. The third-order valence-corrected chi connectivity index (χ3v) is 4.18. The highest BCUT2D eigenvalue weighted by molar-refractivity contribution is 7.12. The molecule has 4 heteroatoms. The van der Waals surface area contributed by atoms with E-state index in [1.165, 1.54) is 16.3 Å². The molecule has 0 aliphatic carbocycles. The van der Waals surface area contributed by atoms with Crippen LogP contribution in [-0.2, 0) is 6.42 Å². The van der Waals surface area contributed by atoms with Gasteiger partial charge in [-0.2, -0.15) is 0 Å². The Hall–Kier alpha value is -0.900. The third-order valence-electron chi connectivity index (χ3n) is 2.90. The van der Waals surface area contributed by atoms with E-state index in [4.69, 9.17) is 16.6 Å². The minimum absolute atomic E-state index is 0.764. The van der Waals surface area contributed by atoms with E-state index in [1.807, 2.05) is 24.3 Å². The number of nitrogens with one attached hydrogen (secondary N) is 1. The molecule has 1 N–H and O–H groups in total. The molecule has 0 radical (unpaired) electrons. The van der Waals surface area contributed by atoms with Gasteiger partial charge in [-0.3, -0.25) is 0 Å². The fourth-order valence-electron chi connectivity index (χ4n) is 1.93. The molecule has 1 aromatic heterocycles. The normalized spacial score (nSPS) is 10.9. The minimum Gasteiger partial charge on any atom is -0.316 e. The van der Waals surface area contributed by atoms with Gasteiger partial charge in [0.25, 0.3) is 0 Å². The Morgan fingerprint density at radius 3 is 2.63 bits per heavy atom. The summed E-state index contributed by atoms with van der Waals surface area (Å²) in [5.41, 5.74) is 2.23. The molecule has 2 aromatic rings. The fourth-order valence-corrected chi connectivity index (χ4v) is 3.01. The zero-order valence-electron chi connectivity index (χ0n) is 11.4. The van der Waals surface area contributed by atoms with Crippen LogP contribution in [0.3, 0.4) is 0 Å². The van der Waals surface area contributed by atoms with Gasteiger partial charge < -0.3 is 5.32 Å². The number of nitrogens with zero attached hydrogens (tertiary/aromatic N) is 1. The van der Waals surface area contributed by atoms with Crippen molar-refractivity contribution >= 4 is 22.9 Å². The molecule has 0 spiro atoms. The molecule has 0 amide bonds. The maximum absolute atomic E-state index is 5.92. The van der Waals surface area contributed by atoms with Crippen molar-refractivity contribution in [2.24, 2.45) is 0 Å². The Bertz CT molecular complexity index is 519. The summed E-state index contributed by atoms with van der Waals surface area (Å²) in [5, 5.41) is 5.37. The van der Waals surface area contributed by atoms with Crippen LogP contribution < -0.4 is 5.32 Å². The third kappa shape index (κ3) is 4.03. The van der Waals surface area contributed by atoms with Gasteiger partial charge in [0.1, 0.15) is 0 Å². The molecular weight excluding hydrogens is 276 g/mol. The number of thiazole rings is 1. The van der Waals surface area contributed by atoms with Crippen molar-refractivity contribution in [3.63, 3.8) is 0 Å². The molecule has 102 valence electrons. The first-order valence-electron chi connectivity index (χ1n) is 6.63. The molecule has 0 saturated carbocycles. The summed E-state index contributed by atoms with van der Waals surface area (Å²) in [5.74, 6) is 0. The number of benzene rings is 1. The largest absolute Gasteiger partial charge is 0.316 e. The van der Waals surface area contributed by atoms with Crippen LogP contribution in [0.1, 0.15) is 23.2 Å². The average molecular weight is 295 g/mol. The molecule has 1 aromatic carbocycles. The highest BCUT2D eigenvalue weighted by Gasteiger charge is 2.09. The lowest BCUT2D eigenvalue weighted by molar-refractivity contribution is 0.670. The summed E-state index contributed by atoms with van der Waals surface area (Å²) in [6.45, 7) is 6.39. The molecule has 0 fully saturated rings. The maximum atomic E-state index is 5.92. The smallest absolute Gasteiger partial charge is 0.0948 e. The van der Waals surface area contributed by atoms with E-state index in [1.54, 1.807) is 11.3 Å². The molecule has 19 heavy (non-hydrogen) atoms. The molecule has 0 atom stereocenters. The Kier molecular flexibility index (Phi) is 5.37. The first-order chi connectivity index (χ1) is 9.20. The van der Waals surface area contributed by atoms with E-state index in [9.17, 15) is 0 Å². The fraction of sp³-hybridized carbons (Fsp3) is 0.400. The van der Waals surface area contributed by atoms with Gasteiger partial charge in [0.2, 0.25) is 0 Å². The predicted octanol–water partition coefficient (Wildman–Crippen LogP) is 4.31. The number of rotatable bonds is 6. The summed E-state index contributed by atoms with van der Waals surface area (Å²) < 4.78 is 0. The van der Waals surface area contributed by atoms with Crippen LogP contribution in [0.15, 0.2) is 24.3 Å². The van der Waals surface area contributed by atoms with Crippen LogP contribution in [-0.4, -0.2) is 18.1 Å². The van der Waals surface area contributed by atoms with Gasteiger partial charge in [0.15, 0.2) is 0 Å². The van der Waals surface area contributed by atoms with Crippen molar-refractivity contribution in [3.8, 4) is 11.3 Å². The average Bonchev–Trinajstić information content (AvgIpc) is 2.77. The number of hydrogen-bond acceptors (Lipinski definition) is 3. The van der Waals surface area contributed by atoms with E-state index < -0.39 is 0 Å². The lowest BCUT2D eigenvalue weighted by Crippen LogP contribution is -2.17. The number of hydrogen-bond donors (Lipinski definition) is 1. The predicted molar refractivity (Wildman–Crippen MR) is 84.2 cm³/mol. The van der Waals surface area contributed by atoms with E-state index in [-0.39, 0.29) is 0 Å². The van der Waals surface area contributed by atoms with Crippen LogP contribution >= 0.6 is 22.9 Å². The Labute approximate surface area is 123 Å². The van der Waals surface area contributed by atoms with Gasteiger partial charge in [-0.25, -0.2) is 4.98 Å². The second kappa shape index (κ2) is 7.04. The first-order valence-corrected chi connectivity index (χ1v) is 7.83. The van der Waals surface area contributed by atoms with Crippen LogP contribution in [0.25, 0.3) is 11.3 Å². The molecule has 2 nitrogen and oxygen atoms in total. The van der Waals surface area contributed by atoms with Gasteiger partial charge in [0.05, 0.1) is 10.7 Å². The van der Waals surface area contributed by atoms with Crippen LogP contribution in [0.5, 0.6) is 0 Å². The van der Waals surface area contributed by atoms with E-state index >= 15 is 0 Å². The van der Waals surface area contributed by atoms with Crippen molar-refractivity contribution < 1.29 is 0 Å². The molecule has 0 saturated heterocycles. The van der Waals surface area contributed by atoms with Gasteiger partial charge in [-0.15, -0.1) is 11.3 Å². The SMILES string of the molecule is CCCNCCc1nc(-c2ccc(Cl)cc2)c(C)s1. The zero-order valence-corrected chi connectivity index (χ0v) is 12.9. The van der Waals surface area contributed by atoms with Crippen molar-refractivity contribution in [2.75, 3.05) is 13.1 Å². The highest BCUT2D eigenvalue weighted by atomic mass is 35.5. The van der Waals surface area contributed by atoms with Crippen LogP contribution in [0.4, 0.5) is 0 Å². The highest BCUT2D eigenvalue weighted by Crippen LogP contribution is 2.28. The summed E-state index contributed by atoms with van der Waals surface area (Å²) in [6, 6.07) is 7.89. The van der Waals surface area contributed by atoms with Crippen molar-refractivity contribution in [3.05, 3.63) is 39.2 Å². The van der Waals surface area contributed by atoms with E-state index in [0.29, 0.717) is 0 Å².